The summed E-state index contributed by atoms with van der Waals surface area (Å²) in [7, 11) is 0. The molecule has 7 heteroatoms. The van der Waals surface area contributed by atoms with Crippen molar-refractivity contribution in [3.63, 3.8) is 0 Å². The Bertz CT molecular complexity index is 886. The lowest BCUT2D eigenvalue weighted by Gasteiger charge is -2.03. The van der Waals surface area contributed by atoms with Gasteiger partial charge in [0, 0.05) is 28.5 Å². The van der Waals surface area contributed by atoms with Gasteiger partial charge >= 0.3 is 0 Å². The summed E-state index contributed by atoms with van der Waals surface area (Å²) in [5, 5.41) is 15.4. The number of Topliss-reactive ketones (excluding diaryl/α,β-unsaturated/α-hetero) is 1. The molecule has 0 spiro atoms. The molecule has 24 heavy (non-hydrogen) atoms. The van der Waals surface area contributed by atoms with E-state index in [4.69, 9.17) is 11.6 Å². The Morgan fingerprint density at radius 2 is 2.00 bits per heavy atom. The number of carbonyl (C=O) groups excluding carboxylic acids is 1. The molecule has 120 valence electrons. The van der Waals surface area contributed by atoms with Gasteiger partial charge in [-0.05, 0) is 53.7 Å². The standard InChI is InChI=1S/C17H14ClN5O/c1-12(24)13-3-2-4-15(11-13)19-10-9-17-20-21-22-23(17)16-7-5-14(18)6-8-16/h2-11,19H,1H3/b10-9-. The van der Waals surface area contributed by atoms with Crippen molar-refractivity contribution in [3.8, 4) is 5.69 Å². The maximum Gasteiger partial charge on any atom is 0.181 e. The van der Waals surface area contributed by atoms with Crippen LogP contribution in [0.2, 0.25) is 5.02 Å². The van der Waals surface area contributed by atoms with Crippen LogP contribution in [0.5, 0.6) is 0 Å². The highest BCUT2D eigenvalue weighted by Crippen LogP contribution is 2.15. The van der Waals surface area contributed by atoms with Gasteiger partial charge in [0.25, 0.3) is 0 Å². The number of halogens is 1. The minimum absolute atomic E-state index is 0.0225. The second-order valence-corrected chi connectivity index (χ2v) is 5.48. The van der Waals surface area contributed by atoms with Gasteiger partial charge in [0.15, 0.2) is 11.6 Å². The van der Waals surface area contributed by atoms with Crippen molar-refractivity contribution in [3.05, 3.63) is 71.1 Å². The number of carbonyl (C=O) groups is 1. The third-order valence-electron chi connectivity index (χ3n) is 3.32. The first kappa shape index (κ1) is 15.9. The van der Waals surface area contributed by atoms with Gasteiger partial charge in [0.05, 0.1) is 5.69 Å². The molecule has 6 nitrogen and oxygen atoms in total. The summed E-state index contributed by atoms with van der Waals surface area (Å²) in [5.74, 6) is 0.585. The van der Waals surface area contributed by atoms with Crippen molar-refractivity contribution in [1.29, 1.82) is 0 Å². The number of nitrogens with one attached hydrogen (secondary N) is 1. The number of tetrazole rings is 1. The van der Waals surface area contributed by atoms with Crippen LogP contribution in [-0.4, -0.2) is 26.0 Å². The van der Waals surface area contributed by atoms with Crippen LogP contribution in [0.3, 0.4) is 0 Å². The lowest BCUT2D eigenvalue weighted by atomic mass is 10.1. The molecule has 1 N–H and O–H groups in total. The molecule has 0 fully saturated rings. The quantitative estimate of drug-likeness (QED) is 0.719. The predicted molar refractivity (Wildman–Crippen MR) is 93.3 cm³/mol. The van der Waals surface area contributed by atoms with Gasteiger partial charge in [-0.1, -0.05) is 23.7 Å². The number of nitrogens with zero attached hydrogens (tertiary/aromatic N) is 4. The molecule has 0 aliphatic heterocycles. The van der Waals surface area contributed by atoms with Gasteiger partial charge in [0.1, 0.15) is 0 Å². The number of aromatic nitrogens is 4. The molecule has 3 rings (SSSR count). The van der Waals surface area contributed by atoms with E-state index in [2.05, 4.69) is 20.8 Å². The molecule has 0 unspecified atom stereocenters. The van der Waals surface area contributed by atoms with Crippen molar-refractivity contribution in [2.24, 2.45) is 0 Å². The second kappa shape index (κ2) is 7.06. The zero-order chi connectivity index (χ0) is 16.9. The largest absolute Gasteiger partial charge is 0.362 e. The van der Waals surface area contributed by atoms with Crippen LogP contribution in [0.1, 0.15) is 23.1 Å². The van der Waals surface area contributed by atoms with Gasteiger partial charge in [-0.15, -0.1) is 5.10 Å². The highest BCUT2D eigenvalue weighted by atomic mass is 35.5. The van der Waals surface area contributed by atoms with Crippen LogP contribution in [0.25, 0.3) is 11.8 Å². The first-order valence-electron chi connectivity index (χ1n) is 7.22. The molecule has 0 amide bonds. The number of hydrogen-bond acceptors (Lipinski definition) is 5. The molecule has 1 aromatic heterocycles. The predicted octanol–water partition coefficient (Wildman–Crippen LogP) is 3.60. The van der Waals surface area contributed by atoms with Gasteiger partial charge in [-0.2, -0.15) is 4.68 Å². The minimum Gasteiger partial charge on any atom is -0.362 e. The average Bonchev–Trinajstić information content (AvgIpc) is 3.04. The number of hydrogen-bond donors (Lipinski definition) is 1. The van der Waals surface area contributed by atoms with Crippen LogP contribution in [0, 0.1) is 0 Å². The Morgan fingerprint density at radius 3 is 2.75 bits per heavy atom. The van der Waals surface area contributed by atoms with E-state index < -0.39 is 0 Å². The Kier molecular flexibility index (Phi) is 4.67. The summed E-state index contributed by atoms with van der Waals surface area (Å²) in [6.07, 6.45) is 3.46. The van der Waals surface area contributed by atoms with E-state index >= 15 is 0 Å². The Labute approximate surface area is 143 Å². The van der Waals surface area contributed by atoms with Crippen LogP contribution >= 0.6 is 11.6 Å². The van der Waals surface area contributed by atoms with Gasteiger partial charge in [-0.25, -0.2) is 0 Å². The van der Waals surface area contributed by atoms with Gasteiger partial charge in [-0.3, -0.25) is 4.79 Å². The summed E-state index contributed by atoms with van der Waals surface area (Å²) in [6.45, 7) is 1.54. The minimum atomic E-state index is 0.0225. The molecule has 3 aromatic rings. The molecule has 2 aromatic carbocycles. The lowest BCUT2D eigenvalue weighted by Crippen LogP contribution is -2.00. The van der Waals surface area contributed by atoms with E-state index in [1.807, 2.05) is 24.3 Å². The summed E-state index contributed by atoms with van der Waals surface area (Å²) in [4.78, 5) is 11.4. The first-order chi connectivity index (χ1) is 11.6. The van der Waals surface area contributed by atoms with Gasteiger partial charge in [0.2, 0.25) is 0 Å². The van der Waals surface area contributed by atoms with Crippen molar-refractivity contribution >= 4 is 29.1 Å². The fourth-order valence-electron chi connectivity index (χ4n) is 2.10. The summed E-state index contributed by atoms with van der Waals surface area (Å²) in [5.41, 5.74) is 2.27. The molecule has 1 heterocycles. The van der Waals surface area contributed by atoms with E-state index in [0.717, 1.165) is 11.4 Å². The zero-order valence-corrected chi connectivity index (χ0v) is 13.6. The Balaban J connectivity index is 1.76. The third kappa shape index (κ3) is 3.67. The van der Waals surface area contributed by atoms with E-state index in [-0.39, 0.29) is 5.78 Å². The van der Waals surface area contributed by atoms with E-state index in [9.17, 15) is 4.79 Å². The third-order valence-corrected chi connectivity index (χ3v) is 3.57. The highest BCUT2D eigenvalue weighted by Gasteiger charge is 2.05. The van der Waals surface area contributed by atoms with Gasteiger partial charge < -0.3 is 5.32 Å². The summed E-state index contributed by atoms with van der Waals surface area (Å²) < 4.78 is 1.60. The van der Waals surface area contributed by atoms with E-state index in [0.29, 0.717) is 16.4 Å². The molecule has 0 radical (unpaired) electrons. The van der Waals surface area contributed by atoms with Crippen LogP contribution < -0.4 is 5.32 Å². The normalized spacial score (nSPS) is 10.9. The number of anilines is 1. The van der Waals surface area contributed by atoms with Crippen LogP contribution in [0.15, 0.2) is 54.7 Å². The van der Waals surface area contributed by atoms with Crippen molar-refractivity contribution in [1.82, 2.24) is 20.2 Å². The fourth-order valence-corrected chi connectivity index (χ4v) is 2.23. The average molecular weight is 340 g/mol. The number of benzene rings is 2. The smallest absolute Gasteiger partial charge is 0.181 e. The molecule has 0 saturated heterocycles. The van der Waals surface area contributed by atoms with E-state index in [1.54, 1.807) is 41.2 Å². The van der Waals surface area contributed by atoms with E-state index in [1.165, 1.54) is 6.92 Å². The summed E-state index contributed by atoms with van der Waals surface area (Å²) in [6, 6.07) is 14.5. The van der Waals surface area contributed by atoms with Crippen molar-refractivity contribution in [2.75, 3.05) is 5.32 Å². The number of rotatable bonds is 5. The summed E-state index contributed by atoms with van der Waals surface area (Å²) >= 11 is 5.89. The fraction of sp³-hybridized carbons (Fsp3) is 0.0588. The maximum atomic E-state index is 11.4. The maximum absolute atomic E-state index is 11.4. The molecule has 0 aliphatic rings. The Hall–Kier alpha value is -2.99. The molecule has 0 bridgehead atoms. The first-order valence-corrected chi connectivity index (χ1v) is 7.60. The zero-order valence-electron chi connectivity index (χ0n) is 12.8. The van der Waals surface area contributed by atoms with Crippen LogP contribution in [-0.2, 0) is 0 Å². The molecular formula is C17H14ClN5O. The highest BCUT2D eigenvalue weighted by molar-refractivity contribution is 6.30. The second-order valence-electron chi connectivity index (χ2n) is 5.04. The van der Waals surface area contributed by atoms with Crippen molar-refractivity contribution in [2.45, 2.75) is 6.92 Å². The molecule has 0 aliphatic carbocycles. The van der Waals surface area contributed by atoms with Crippen LogP contribution in [0.4, 0.5) is 5.69 Å². The Morgan fingerprint density at radius 1 is 1.21 bits per heavy atom. The lowest BCUT2D eigenvalue weighted by molar-refractivity contribution is 0.101. The molecule has 0 atom stereocenters. The monoisotopic (exact) mass is 339 g/mol. The molecule has 0 saturated carbocycles. The topological polar surface area (TPSA) is 72.7 Å². The van der Waals surface area contributed by atoms with Crippen molar-refractivity contribution < 1.29 is 4.79 Å². The molecular weight excluding hydrogens is 326 g/mol. The number of ketones is 1. The SMILES string of the molecule is CC(=O)c1cccc(N/C=C\c2nnnn2-c2ccc(Cl)cc2)c1.